The lowest BCUT2D eigenvalue weighted by atomic mass is 10.2. The van der Waals surface area contributed by atoms with Crippen LogP contribution in [0.3, 0.4) is 0 Å². The molecule has 0 amide bonds. The number of halogens is 1. The predicted octanol–water partition coefficient (Wildman–Crippen LogP) is 5.06. The SMILES string of the molecule is Fc1ccc(N/N=C\c2cccc(Oc3ccccc3)c2)cc1. The first-order chi connectivity index (χ1) is 11.3. The average Bonchev–Trinajstić information content (AvgIpc) is 2.58. The third-order valence-corrected chi connectivity index (χ3v) is 3.09. The molecule has 0 aliphatic rings. The number of para-hydroxylation sites is 1. The summed E-state index contributed by atoms with van der Waals surface area (Å²) in [4.78, 5) is 0. The van der Waals surface area contributed by atoms with Crippen LogP contribution in [-0.2, 0) is 0 Å². The van der Waals surface area contributed by atoms with Gasteiger partial charge in [-0.05, 0) is 54.1 Å². The van der Waals surface area contributed by atoms with Crippen LogP contribution in [0.4, 0.5) is 10.1 Å². The van der Waals surface area contributed by atoms with Crippen molar-refractivity contribution in [2.24, 2.45) is 5.10 Å². The van der Waals surface area contributed by atoms with Crippen LogP contribution in [0.15, 0.2) is 84.0 Å². The van der Waals surface area contributed by atoms with Gasteiger partial charge in [0, 0.05) is 0 Å². The molecule has 0 bridgehead atoms. The van der Waals surface area contributed by atoms with Crippen molar-refractivity contribution >= 4 is 11.9 Å². The molecule has 0 aromatic heterocycles. The molecule has 4 heteroatoms. The van der Waals surface area contributed by atoms with Crippen LogP contribution in [-0.4, -0.2) is 6.21 Å². The van der Waals surface area contributed by atoms with Crippen molar-refractivity contribution in [1.82, 2.24) is 0 Å². The third kappa shape index (κ3) is 4.41. The molecule has 0 unspecified atom stereocenters. The van der Waals surface area contributed by atoms with Crippen molar-refractivity contribution in [2.45, 2.75) is 0 Å². The number of nitrogens with zero attached hydrogens (tertiary/aromatic N) is 1. The molecule has 0 fully saturated rings. The molecule has 0 aliphatic carbocycles. The average molecular weight is 306 g/mol. The minimum absolute atomic E-state index is 0.273. The first-order valence-corrected chi connectivity index (χ1v) is 7.17. The zero-order valence-electron chi connectivity index (χ0n) is 12.3. The van der Waals surface area contributed by atoms with Crippen LogP contribution in [0.1, 0.15) is 5.56 Å². The van der Waals surface area contributed by atoms with Crippen LogP contribution in [0.25, 0.3) is 0 Å². The second kappa shape index (κ2) is 7.22. The molecule has 0 saturated heterocycles. The summed E-state index contributed by atoms with van der Waals surface area (Å²) < 4.78 is 18.6. The number of hydrogen-bond acceptors (Lipinski definition) is 3. The zero-order valence-corrected chi connectivity index (χ0v) is 12.3. The summed E-state index contributed by atoms with van der Waals surface area (Å²) in [6.45, 7) is 0. The van der Waals surface area contributed by atoms with Gasteiger partial charge in [-0.25, -0.2) is 4.39 Å². The highest BCUT2D eigenvalue weighted by atomic mass is 19.1. The lowest BCUT2D eigenvalue weighted by molar-refractivity contribution is 0.482. The molecule has 0 radical (unpaired) electrons. The molecule has 0 heterocycles. The maximum atomic E-state index is 12.8. The Bertz CT molecular complexity index is 786. The van der Waals surface area contributed by atoms with Crippen LogP contribution in [0.2, 0.25) is 0 Å². The fraction of sp³-hybridized carbons (Fsp3) is 0. The highest BCUT2D eigenvalue weighted by molar-refractivity contribution is 5.80. The first kappa shape index (κ1) is 14.8. The Labute approximate surface area is 134 Å². The van der Waals surface area contributed by atoms with Crippen LogP contribution >= 0.6 is 0 Å². The summed E-state index contributed by atoms with van der Waals surface area (Å²) in [5.41, 5.74) is 4.47. The fourth-order valence-corrected chi connectivity index (χ4v) is 1.99. The molecule has 3 aromatic rings. The topological polar surface area (TPSA) is 33.6 Å². The van der Waals surface area contributed by atoms with E-state index in [1.54, 1.807) is 18.3 Å². The van der Waals surface area contributed by atoms with Gasteiger partial charge >= 0.3 is 0 Å². The van der Waals surface area contributed by atoms with Crippen molar-refractivity contribution in [1.29, 1.82) is 0 Å². The largest absolute Gasteiger partial charge is 0.457 e. The highest BCUT2D eigenvalue weighted by Gasteiger charge is 1.97. The van der Waals surface area contributed by atoms with Gasteiger partial charge in [-0.15, -0.1) is 0 Å². The number of rotatable bonds is 5. The van der Waals surface area contributed by atoms with Crippen LogP contribution < -0.4 is 10.2 Å². The summed E-state index contributed by atoms with van der Waals surface area (Å²) in [6, 6.07) is 23.2. The predicted molar refractivity (Wildman–Crippen MR) is 90.6 cm³/mol. The molecule has 0 spiro atoms. The Morgan fingerprint density at radius 2 is 1.57 bits per heavy atom. The summed E-state index contributed by atoms with van der Waals surface area (Å²) >= 11 is 0. The Morgan fingerprint density at radius 3 is 2.35 bits per heavy atom. The lowest BCUT2D eigenvalue weighted by Gasteiger charge is -2.05. The van der Waals surface area contributed by atoms with Crippen molar-refractivity contribution in [3.63, 3.8) is 0 Å². The second-order valence-corrected chi connectivity index (χ2v) is 4.86. The van der Waals surface area contributed by atoms with Gasteiger partial charge in [0.25, 0.3) is 0 Å². The van der Waals surface area contributed by atoms with Gasteiger partial charge in [-0.2, -0.15) is 5.10 Å². The van der Waals surface area contributed by atoms with E-state index in [1.807, 2.05) is 54.6 Å². The van der Waals surface area contributed by atoms with Gasteiger partial charge in [0.2, 0.25) is 0 Å². The van der Waals surface area contributed by atoms with E-state index in [1.165, 1.54) is 12.1 Å². The Balaban J connectivity index is 1.65. The molecule has 3 nitrogen and oxygen atoms in total. The molecule has 0 aliphatic heterocycles. The summed E-state index contributed by atoms with van der Waals surface area (Å²) in [5.74, 6) is 1.25. The van der Waals surface area contributed by atoms with Gasteiger partial charge in [-0.3, -0.25) is 5.43 Å². The lowest BCUT2D eigenvalue weighted by Crippen LogP contribution is -1.91. The number of ether oxygens (including phenoxy) is 1. The fourth-order valence-electron chi connectivity index (χ4n) is 1.99. The zero-order chi connectivity index (χ0) is 15.9. The van der Waals surface area contributed by atoms with Crippen LogP contribution in [0, 0.1) is 5.82 Å². The summed E-state index contributed by atoms with van der Waals surface area (Å²) in [7, 11) is 0. The van der Waals surface area contributed by atoms with Gasteiger partial charge in [0.1, 0.15) is 17.3 Å². The maximum Gasteiger partial charge on any atom is 0.128 e. The normalized spacial score (nSPS) is 10.7. The van der Waals surface area contributed by atoms with E-state index >= 15 is 0 Å². The molecular weight excluding hydrogens is 291 g/mol. The first-order valence-electron chi connectivity index (χ1n) is 7.17. The Kier molecular flexibility index (Phi) is 4.64. The van der Waals surface area contributed by atoms with E-state index in [0.717, 1.165) is 22.7 Å². The second-order valence-electron chi connectivity index (χ2n) is 4.86. The van der Waals surface area contributed by atoms with Crippen molar-refractivity contribution in [3.05, 3.63) is 90.2 Å². The smallest absolute Gasteiger partial charge is 0.128 e. The van der Waals surface area contributed by atoms with Crippen molar-refractivity contribution in [3.8, 4) is 11.5 Å². The molecule has 23 heavy (non-hydrogen) atoms. The van der Waals surface area contributed by atoms with E-state index in [2.05, 4.69) is 10.5 Å². The number of nitrogens with one attached hydrogen (secondary N) is 1. The number of hydrazone groups is 1. The van der Waals surface area contributed by atoms with E-state index < -0.39 is 0 Å². The molecule has 114 valence electrons. The van der Waals surface area contributed by atoms with Crippen molar-refractivity contribution < 1.29 is 9.13 Å². The third-order valence-electron chi connectivity index (χ3n) is 3.09. The van der Waals surface area contributed by atoms with Crippen LogP contribution in [0.5, 0.6) is 11.5 Å². The summed E-state index contributed by atoms with van der Waals surface area (Å²) in [6.07, 6.45) is 1.68. The molecular formula is C19H15FN2O. The standard InChI is InChI=1S/C19H15FN2O/c20-16-9-11-17(12-10-16)22-21-14-15-5-4-8-19(13-15)23-18-6-2-1-3-7-18/h1-14,22H/b21-14-. The summed E-state index contributed by atoms with van der Waals surface area (Å²) in [5, 5.41) is 4.14. The number of hydrogen-bond donors (Lipinski definition) is 1. The minimum atomic E-state index is -0.273. The maximum absolute atomic E-state index is 12.8. The minimum Gasteiger partial charge on any atom is -0.457 e. The van der Waals surface area contributed by atoms with Gasteiger partial charge < -0.3 is 4.74 Å². The van der Waals surface area contributed by atoms with Gasteiger partial charge in [-0.1, -0.05) is 30.3 Å². The Hall–Kier alpha value is -3.14. The molecule has 0 atom stereocenters. The van der Waals surface area contributed by atoms with E-state index in [9.17, 15) is 4.39 Å². The highest BCUT2D eigenvalue weighted by Crippen LogP contribution is 2.21. The number of anilines is 1. The molecule has 3 rings (SSSR count). The quantitative estimate of drug-likeness (QED) is 0.528. The van der Waals surface area contributed by atoms with Crippen molar-refractivity contribution in [2.75, 3.05) is 5.43 Å². The van der Waals surface area contributed by atoms with E-state index in [-0.39, 0.29) is 5.82 Å². The molecule has 3 aromatic carbocycles. The van der Waals surface area contributed by atoms with E-state index in [0.29, 0.717) is 0 Å². The molecule has 0 saturated carbocycles. The molecule has 1 N–H and O–H groups in total. The Morgan fingerprint density at radius 1 is 0.826 bits per heavy atom. The van der Waals surface area contributed by atoms with Gasteiger partial charge in [0.05, 0.1) is 11.9 Å². The van der Waals surface area contributed by atoms with Gasteiger partial charge in [0.15, 0.2) is 0 Å². The monoisotopic (exact) mass is 306 g/mol. The number of benzene rings is 3. The van der Waals surface area contributed by atoms with E-state index in [4.69, 9.17) is 4.74 Å².